The molecule has 39 heavy (non-hydrogen) atoms. The molecule has 1 fully saturated rings. The van der Waals surface area contributed by atoms with Gasteiger partial charge in [0.05, 0.1) is 26.0 Å². The van der Waals surface area contributed by atoms with Gasteiger partial charge in [-0.25, -0.2) is 14.8 Å². The van der Waals surface area contributed by atoms with Gasteiger partial charge in [0.15, 0.2) is 5.82 Å². The maximum Gasteiger partial charge on any atom is 0.409 e. The van der Waals surface area contributed by atoms with Crippen LogP contribution in [0.15, 0.2) is 36.4 Å². The van der Waals surface area contributed by atoms with E-state index in [9.17, 15) is 18.9 Å². The average Bonchev–Trinajstić information content (AvgIpc) is 2.93. The van der Waals surface area contributed by atoms with Crippen molar-refractivity contribution in [3.63, 3.8) is 0 Å². The van der Waals surface area contributed by atoms with E-state index >= 15 is 0 Å². The van der Waals surface area contributed by atoms with Crippen molar-refractivity contribution in [2.75, 3.05) is 52.2 Å². The molecule has 3 amide bonds. The van der Waals surface area contributed by atoms with Gasteiger partial charge in [-0.1, -0.05) is 41.9 Å². The van der Waals surface area contributed by atoms with Crippen LogP contribution in [0.2, 0.25) is 5.15 Å². The SMILES string of the molecule is CCOC(=O)N1CCN(C(=O)[C@H](CP(=O)(OCC)OCC)NC(=O)c2cc(Cl)nc(-c3ccccc3)n2)CC1. The summed E-state index contributed by atoms with van der Waals surface area (Å²) < 4.78 is 29.2. The summed E-state index contributed by atoms with van der Waals surface area (Å²) in [7, 11) is -3.74. The van der Waals surface area contributed by atoms with Crippen molar-refractivity contribution in [3.05, 3.63) is 47.2 Å². The van der Waals surface area contributed by atoms with Gasteiger partial charge in [-0.2, -0.15) is 0 Å². The van der Waals surface area contributed by atoms with Crippen molar-refractivity contribution >= 4 is 37.1 Å². The normalized spacial score (nSPS) is 14.6. The van der Waals surface area contributed by atoms with E-state index in [1.807, 2.05) is 6.07 Å². The van der Waals surface area contributed by atoms with Gasteiger partial charge in [-0.05, 0) is 20.8 Å². The molecule has 1 saturated heterocycles. The molecule has 0 radical (unpaired) electrons. The number of ether oxygens (including phenoxy) is 1. The molecular weight excluding hydrogens is 549 g/mol. The quantitative estimate of drug-likeness (QED) is 0.312. The van der Waals surface area contributed by atoms with Crippen molar-refractivity contribution in [1.82, 2.24) is 25.1 Å². The minimum Gasteiger partial charge on any atom is -0.450 e. The van der Waals surface area contributed by atoms with Crippen LogP contribution in [-0.4, -0.2) is 95.9 Å². The van der Waals surface area contributed by atoms with Crippen LogP contribution in [0.3, 0.4) is 0 Å². The summed E-state index contributed by atoms with van der Waals surface area (Å²) in [5.41, 5.74) is 0.583. The Morgan fingerprint density at radius 2 is 1.59 bits per heavy atom. The molecule has 1 aliphatic rings. The van der Waals surface area contributed by atoms with Gasteiger partial charge in [0.25, 0.3) is 5.91 Å². The van der Waals surface area contributed by atoms with Crippen molar-refractivity contribution in [2.24, 2.45) is 0 Å². The first-order valence-electron chi connectivity index (χ1n) is 12.7. The van der Waals surface area contributed by atoms with Crippen LogP contribution in [0.5, 0.6) is 0 Å². The number of carbonyl (C=O) groups excluding carboxylic acids is 3. The third kappa shape index (κ3) is 8.47. The Morgan fingerprint density at radius 1 is 0.974 bits per heavy atom. The largest absolute Gasteiger partial charge is 0.450 e. The average molecular weight is 582 g/mol. The molecule has 1 aliphatic heterocycles. The molecular formula is C25H33ClN5O7P. The van der Waals surface area contributed by atoms with E-state index in [1.165, 1.54) is 15.9 Å². The zero-order valence-electron chi connectivity index (χ0n) is 22.2. The molecule has 1 aromatic heterocycles. The van der Waals surface area contributed by atoms with Crippen LogP contribution in [-0.2, 0) is 23.1 Å². The lowest BCUT2D eigenvalue weighted by Gasteiger charge is -2.36. The molecule has 12 nitrogen and oxygen atoms in total. The summed E-state index contributed by atoms with van der Waals surface area (Å²) in [4.78, 5) is 50.5. The minimum absolute atomic E-state index is 0.0428. The Balaban J connectivity index is 1.84. The number of hydrogen-bond donors (Lipinski definition) is 1. The smallest absolute Gasteiger partial charge is 0.409 e. The third-order valence-electron chi connectivity index (χ3n) is 5.74. The predicted octanol–water partition coefficient (Wildman–Crippen LogP) is 3.46. The minimum atomic E-state index is -3.74. The lowest BCUT2D eigenvalue weighted by molar-refractivity contribution is -0.134. The van der Waals surface area contributed by atoms with Crippen LogP contribution in [0, 0.1) is 0 Å². The summed E-state index contributed by atoms with van der Waals surface area (Å²) in [5, 5.41) is 2.69. The standard InChI is InChI=1S/C25H33ClN5O7P/c1-4-36-25(34)31-14-12-30(13-15-31)24(33)20(17-39(35,37-5-2)38-6-3)28-23(32)19-16-21(26)29-22(27-19)18-10-8-7-9-11-18/h7-11,16,20H,4-6,12-15,17H2,1-3H3,(H,28,32)/t20-/m0/s1. The molecule has 1 atom stereocenters. The second kappa shape index (κ2) is 14.4. The van der Waals surface area contributed by atoms with Crippen molar-refractivity contribution in [2.45, 2.75) is 26.8 Å². The topological polar surface area (TPSA) is 140 Å². The molecule has 0 aliphatic carbocycles. The number of nitrogens with zero attached hydrogens (tertiary/aromatic N) is 4. The number of piperazine rings is 1. The molecule has 0 unspecified atom stereocenters. The van der Waals surface area contributed by atoms with E-state index < -0.39 is 31.5 Å². The number of benzene rings is 1. The molecule has 1 aromatic carbocycles. The highest BCUT2D eigenvalue weighted by molar-refractivity contribution is 7.54. The first kappa shape index (κ1) is 30.5. The Morgan fingerprint density at radius 3 is 2.18 bits per heavy atom. The van der Waals surface area contributed by atoms with Gasteiger partial charge in [0, 0.05) is 37.8 Å². The highest BCUT2D eigenvalue weighted by atomic mass is 35.5. The first-order chi connectivity index (χ1) is 18.7. The van der Waals surface area contributed by atoms with Crippen molar-refractivity contribution < 1.29 is 32.7 Å². The van der Waals surface area contributed by atoms with E-state index in [-0.39, 0.29) is 68.8 Å². The van der Waals surface area contributed by atoms with Gasteiger partial charge in [-0.15, -0.1) is 0 Å². The van der Waals surface area contributed by atoms with Crippen molar-refractivity contribution in [1.29, 1.82) is 0 Å². The molecule has 0 bridgehead atoms. The van der Waals surface area contributed by atoms with Gasteiger partial charge in [0.2, 0.25) is 5.91 Å². The summed E-state index contributed by atoms with van der Waals surface area (Å²) in [6, 6.07) is 9.01. The molecule has 1 N–H and O–H groups in total. The number of carbonyl (C=O) groups is 3. The first-order valence-corrected chi connectivity index (χ1v) is 14.8. The second-order valence-corrected chi connectivity index (χ2v) is 10.9. The molecule has 3 rings (SSSR count). The molecule has 2 heterocycles. The third-order valence-corrected chi connectivity index (χ3v) is 8.05. The molecule has 0 saturated carbocycles. The highest BCUT2D eigenvalue weighted by Crippen LogP contribution is 2.48. The Hall–Kier alpha value is -3.05. The summed E-state index contributed by atoms with van der Waals surface area (Å²) >= 11 is 6.18. The monoisotopic (exact) mass is 581 g/mol. The van der Waals surface area contributed by atoms with E-state index in [0.717, 1.165) is 0 Å². The van der Waals surface area contributed by atoms with E-state index in [2.05, 4.69) is 15.3 Å². The number of amides is 3. The van der Waals surface area contributed by atoms with Gasteiger partial charge < -0.3 is 28.9 Å². The summed E-state index contributed by atoms with van der Waals surface area (Å²) in [5.74, 6) is -0.963. The van der Waals surface area contributed by atoms with Crippen molar-refractivity contribution in [3.8, 4) is 11.4 Å². The van der Waals surface area contributed by atoms with E-state index in [0.29, 0.717) is 5.56 Å². The lowest BCUT2D eigenvalue weighted by Crippen LogP contribution is -2.57. The molecule has 2 aromatic rings. The number of nitrogens with one attached hydrogen (secondary N) is 1. The van der Waals surface area contributed by atoms with Crippen LogP contribution >= 0.6 is 19.2 Å². The Bertz CT molecular complexity index is 1180. The molecule has 212 valence electrons. The number of rotatable bonds is 11. The van der Waals surface area contributed by atoms with Crippen LogP contribution < -0.4 is 5.32 Å². The summed E-state index contributed by atoms with van der Waals surface area (Å²) in [6.07, 6.45) is -0.844. The van der Waals surface area contributed by atoms with Gasteiger partial charge in [0.1, 0.15) is 16.9 Å². The number of halogens is 1. The zero-order chi connectivity index (χ0) is 28.4. The van der Waals surface area contributed by atoms with E-state index in [4.69, 9.17) is 25.4 Å². The zero-order valence-corrected chi connectivity index (χ0v) is 23.8. The molecule has 0 spiro atoms. The van der Waals surface area contributed by atoms with Crippen LogP contribution in [0.1, 0.15) is 31.3 Å². The van der Waals surface area contributed by atoms with Crippen LogP contribution in [0.25, 0.3) is 11.4 Å². The van der Waals surface area contributed by atoms with Crippen LogP contribution in [0.4, 0.5) is 4.79 Å². The van der Waals surface area contributed by atoms with Gasteiger partial charge in [-0.3, -0.25) is 14.2 Å². The lowest BCUT2D eigenvalue weighted by atomic mass is 10.2. The number of aromatic nitrogens is 2. The second-order valence-electron chi connectivity index (χ2n) is 8.43. The van der Waals surface area contributed by atoms with Gasteiger partial charge >= 0.3 is 13.7 Å². The maximum atomic E-state index is 13.6. The number of hydrogen-bond acceptors (Lipinski definition) is 9. The fraction of sp³-hybridized carbons (Fsp3) is 0.480. The Kier molecular flexibility index (Phi) is 11.2. The van der Waals surface area contributed by atoms with E-state index in [1.54, 1.807) is 45.0 Å². The predicted molar refractivity (Wildman–Crippen MR) is 145 cm³/mol. The fourth-order valence-corrected chi connectivity index (χ4v) is 5.92. The summed E-state index contributed by atoms with van der Waals surface area (Å²) in [6.45, 7) is 6.36. The maximum absolute atomic E-state index is 13.6. The Labute approximate surface area is 232 Å². The molecule has 14 heteroatoms. The highest BCUT2D eigenvalue weighted by Gasteiger charge is 2.37. The fourth-order valence-electron chi connectivity index (χ4n) is 3.97.